The van der Waals surface area contributed by atoms with Gasteiger partial charge in [0, 0.05) is 23.9 Å². The molecule has 100 valence electrons. The van der Waals surface area contributed by atoms with Crippen LogP contribution in [0.4, 0.5) is 8.78 Å². The Morgan fingerprint density at radius 2 is 2.16 bits per heavy atom. The first-order valence-corrected chi connectivity index (χ1v) is 5.99. The van der Waals surface area contributed by atoms with Crippen molar-refractivity contribution in [3.63, 3.8) is 0 Å². The molecular weight excluding hydrogens is 250 g/mol. The Hall–Kier alpha value is -2.04. The number of aromatic nitrogens is 2. The van der Waals surface area contributed by atoms with E-state index < -0.39 is 6.43 Å². The lowest BCUT2D eigenvalue weighted by molar-refractivity contribution is 0.101. The van der Waals surface area contributed by atoms with Gasteiger partial charge >= 0.3 is 0 Å². The van der Waals surface area contributed by atoms with E-state index in [0.29, 0.717) is 17.7 Å². The van der Waals surface area contributed by atoms with Gasteiger partial charge < -0.3 is 0 Å². The predicted molar refractivity (Wildman–Crippen MR) is 68.3 cm³/mol. The normalized spacial score (nSPS) is 11.0. The van der Waals surface area contributed by atoms with Crippen LogP contribution in [-0.4, -0.2) is 15.6 Å². The molecule has 0 unspecified atom stereocenters. The number of hydrogen-bond acceptors (Lipinski definition) is 2. The van der Waals surface area contributed by atoms with Gasteiger partial charge in [-0.05, 0) is 19.9 Å². The van der Waals surface area contributed by atoms with Crippen molar-refractivity contribution in [3.05, 3.63) is 41.6 Å². The van der Waals surface area contributed by atoms with Gasteiger partial charge in [-0.25, -0.2) is 8.78 Å². The molecule has 0 bridgehead atoms. The number of ketones is 1. The number of aryl methyl sites for hydroxylation is 1. The van der Waals surface area contributed by atoms with Crippen LogP contribution in [-0.2, 0) is 6.54 Å². The first-order valence-electron chi connectivity index (χ1n) is 5.99. The van der Waals surface area contributed by atoms with Crippen LogP contribution in [0.25, 0.3) is 11.3 Å². The van der Waals surface area contributed by atoms with E-state index in [2.05, 4.69) is 5.10 Å². The van der Waals surface area contributed by atoms with Crippen LogP contribution in [0.15, 0.2) is 30.5 Å². The van der Waals surface area contributed by atoms with Gasteiger partial charge in [-0.1, -0.05) is 18.2 Å². The zero-order valence-corrected chi connectivity index (χ0v) is 10.7. The molecule has 0 aliphatic carbocycles. The molecule has 0 atom stereocenters. The number of Topliss-reactive ketones (excluding diaryl/α,β-unsaturated/α-hetero) is 1. The first-order chi connectivity index (χ1) is 9.02. The molecule has 0 N–H and O–H groups in total. The molecule has 0 spiro atoms. The van der Waals surface area contributed by atoms with E-state index in [1.807, 2.05) is 6.92 Å². The Bertz CT molecular complexity index is 605. The second-order valence-electron chi connectivity index (χ2n) is 4.23. The van der Waals surface area contributed by atoms with E-state index in [4.69, 9.17) is 0 Å². The fraction of sp³-hybridized carbons (Fsp3) is 0.286. The van der Waals surface area contributed by atoms with E-state index in [-0.39, 0.29) is 17.0 Å². The van der Waals surface area contributed by atoms with Crippen molar-refractivity contribution in [3.8, 4) is 11.3 Å². The number of alkyl halides is 2. The quantitative estimate of drug-likeness (QED) is 0.789. The van der Waals surface area contributed by atoms with Crippen molar-refractivity contribution in [1.82, 2.24) is 9.78 Å². The number of halogens is 2. The van der Waals surface area contributed by atoms with Crippen molar-refractivity contribution in [1.29, 1.82) is 0 Å². The third-order valence-electron chi connectivity index (χ3n) is 2.89. The lowest BCUT2D eigenvalue weighted by Gasteiger charge is -2.03. The SMILES string of the molecule is CCn1cc(C(F)F)c(-c2cccc(C(C)=O)c2)n1. The fourth-order valence-corrected chi connectivity index (χ4v) is 1.87. The minimum Gasteiger partial charge on any atom is -0.295 e. The Balaban J connectivity index is 2.54. The standard InChI is InChI=1S/C14H14F2N2O/c1-3-18-8-12(14(15)16)13(17-18)11-6-4-5-10(7-11)9(2)19/h4-8,14H,3H2,1-2H3. The summed E-state index contributed by atoms with van der Waals surface area (Å²) in [5.41, 5.74) is 1.15. The molecule has 0 radical (unpaired) electrons. The lowest BCUT2D eigenvalue weighted by atomic mass is 10.0. The summed E-state index contributed by atoms with van der Waals surface area (Å²) >= 11 is 0. The summed E-state index contributed by atoms with van der Waals surface area (Å²) in [4.78, 5) is 11.3. The van der Waals surface area contributed by atoms with Gasteiger partial charge in [0.15, 0.2) is 5.78 Å². The average molecular weight is 264 g/mol. The molecule has 0 amide bonds. The molecule has 0 aliphatic rings. The van der Waals surface area contributed by atoms with Crippen molar-refractivity contribution in [2.75, 3.05) is 0 Å². The summed E-state index contributed by atoms with van der Waals surface area (Å²) in [6, 6.07) is 6.61. The Kier molecular flexibility index (Phi) is 3.74. The van der Waals surface area contributed by atoms with Crippen molar-refractivity contribution in [2.24, 2.45) is 0 Å². The molecule has 1 aromatic carbocycles. The number of rotatable bonds is 4. The smallest absolute Gasteiger partial charge is 0.267 e. The summed E-state index contributed by atoms with van der Waals surface area (Å²) in [6.45, 7) is 3.79. The van der Waals surface area contributed by atoms with Crippen LogP contribution in [0, 0.1) is 0 Å². The maximum Gasteiger partial charge on any atom is 0.267 e. The fourth-order valence-electron chi connectivity index (χ4n) is 1.87. The van der Waals surface area contributed by atoms with Gasteiger partial charge in [0.1, 0.15) is 5.69 Å². The first kappa shape index (κ1) is 13.4. The van der Waals surface area contributed by atoms with Crippen molar-refractivity contribution >= 4 is 5.78 Å². The monoisotopic (exact) mass is 264 g/mol. The molecule has 2 aromatic rings. The summed E-state index contributed by atoms with van der Waals surface area (Å²) in [5.74, 6) is -0.102. The number of hydrogen-bond donors (Lipinski definition) is 0. The van der Waals surface area contributed by atoms with Crippen LogP contribution < -0.4 is 0 Å². The summed E-state index contributed by atoms with van der Waals surface area (Å²) in [6.07, 6.45) is -1.24. The molecular formula is C14H14F2N2O. The van der Waals surface area contributed by atoms with Gasteiger partial charge in [0.2, 0.25) is 0 Å². The Morgan fingerprint density at radius 1 is 1.42 bits per heavy atom. The van der Waals surface area contributed by atoms with E-state index in [1.165, 1.54) is 17.8 Å². The van der Waals surface area contributed by atoms with Crippen LogP contribution in [0.2, 0.25) is 0 Å². The predicted octanol–water partition coefficient (Wildman–Crippen LogP) is 3.71. The van der Waals surface area contributed by atoms with Crippen LogP contribution >= 0.6 is 0 Å². The molecule has 19 heavy (non-hydrogen) atoms. The molecule has 0 aliphatic heterocycles. The molecule has 0 fully saturated rings. The molecule has 0 saturated heterocycles. The highest BCUT2D eigenvalue weighted by molar-refractivity contribution is 5.95. The van der Waals surface area contributed by atoms with Crippen LogP contribution in [0.3, 0.4) is 0 Å². The topological polar surface area (TPSA) is 34.9 Å². The molecule has 2 rings (SSSR count). The minimum absolute atomic E-state index is 0.102. The lowest BCUT2D eigenvalue weighted by Crippen LogP contribution is -1.95. The number of benzene rings is 1. The maximum atomic E-state index is 13.0. The highest BCUT2D eigenvalue weighted by Gasteiger charge is 2.19. The third-order valence-corrected chi connectivity index (χ3v) is 2.89. The second kappa shape index (κ2) is 5.30. The van der Waals surface area contributed by atoms with Crippen molar-refractivity contribution in [2.45, 2.75) is 26.8 Å². The summed E-state index contributed by atoms with van der Waals surface area (Å²) < 4.78 is 27.5. The number of nitrogens with zero attached hydrogens (tertiary/aromatic N) is 2. The third kappa shape index (κ3) is 2.70. The van der Waals surface area contributed by atoms with Gasteiger partial charge in [0.25, 0.3) is 6.43 Å². The van der Waals surface area contributed by atoms with Gasteiger partial charge in [-0.3, -0.25) is 9.48 Å². The molecule has 3 nitrogen and oxygen atoms in total. The number of carbonyl (C=O) groups excluding carboxylic acids is 1. The second-order valence-corrected chi connectivity index (χ2v) is 4.23. The summed E-state index contributed by atoms with van der Waals surface area (Å²) in [5, 5.41) is 4.15. The van der Waals surface area contributed by atoms with E-state index >= 15 is 0 Å². The summed E-state index contributed by atoms with van der Waals surface area (Å²) in [7, 11) is 0. The van der Waals surface area contributed by atoms with Gasteiger partial charge in [-0.2, -0.15) is 5.10 Å². The molecule has 0 saturated carbocycles. The van der Waals surface area contributed by atoms with E-state index in [1.54, 1.807) is 24.3 Å². The highest BCUT2D eigenvalue weighted by atomic mass is 19.3. The van der Waals surface area contributed by atoms with E-state index in [0.717, 1.165) is 0 Å². The minimum atomic E-state index is -2.59. The Labute approximate surface area is 109 Å². The zero-order valence-electron chi connectivity index (χ0n) is 10.7. The number of carbonyl (C=O) groups is 1. The average Bonchev–Trinajstić information content (AvgIpc) is 2.83. The maximum absolute atomic E-state index is 13.0. The Morgan fingerprint density at radius 3 is 2.74 bits per heavy atom. The van der Waals surface area contributed by atoms with Crippen LogP contribution in [0.1, 0.15) is 36.2 Å². The van der Waals surface area contributed by atoms with Crippen molar-refractivity contribution < 1.29 is 13.6 Å². The zero-order chi connectivity index (χ0) is 14.0. The highest BCUT2D eigenvalue weighted by Crippen LogP contribution is 2.30. The van der Waals surface area contributed by atoms with Crippen LogP contribution in [0.5, 0.6) is 0 Å². The molecule has 5 heteroatoms. The molecule has 1 heterocycles. The largest absolute Gasteiger partial charge is 0.295 e. The van der Waals surface area contributed by atoms with Gasteiger partial charge in [-0.15, -0.1) is 0 Å². The van der Waals surface area contributed by atoms with Gasteiger partial charge in [0.05, 0.1) is 5.56 Å². The van der Waals surface area contributed by atoms with E-state index in [9.17, 15) is 13.6 Å². The molecule has 1 aromatic heterocycles.